The van der Waals surface area contributed by atoms with Crippen molar-refractivity contribution in [2.45, 2.75) is 49.7 Å². The van der Waals surface area contributed by atoms with Gasteiger partial charge in [0.1, 0.15) is 5.82 Å². The fourth-order valence-corrected chi connectivity index (χ4v) is 5.09. The first kappa shape index (κ1) is 12.4. The topological polar surface area (TPSA) is 47.0 Å². The molecule has 6 heteroatoms. The molecule has 0 bridgehead atoms. The van der Waals surface area contributed by atoms with E-state index in [9.17, 15) is 0 Å². The van der Waals surface area contributed by atoms with Crippen LogP contribution in [0.4, 0.5) is 5.13 Å². The van der Waals surface area contributed by atoms with Gasteiger partial charge in [0.25, 0.3) is 0 Å². The van der Waals surface area contributed by atoms with E-state index < -0.39 is 0 Å². The number of aromatic nitrogens is 2. The predicted octanol–water partition coefficient (Wildman–Crippen LogP) is 2.88. The summed E-state index contributed by atoms with van der Waals surface area (Å²) in [6.45, 7) is 0.881. The first-order chi connectivity index (χ1) is 9.33. The van der Waals surface area contributed by atoms with Crippen LogP contribution in [0.5, 0.6) is 0 Å². The van der Waals surface area contributed by atoms with E-state index >= 15 is 0 Å². The Hall–Kier alpha value is -0.330. The van der Waals surface area contributed by atoms with Crippen LogP contribution in [0, 0.1) is 0 Å². The van der Waals surface area contributed by atoms with Gasteiger partial charge in [-0.2, -0.15) is 16.1 Å². The second kappa shape index (κ2) is 4.90. The third-order valence-electron chi connectivity index (χ3n) is 4.27. The molecule has 3 fully saturated rings. The van der Waals surface area contributed by atoms with Gasteiger partial charge in [-0.1, -0.05) is 0 Å². The van der Waals surface area contributed by atoms with Crippen molar-refractivity contribution in [3.05, 3.63) is 5.82 Å². The van der Waals surface area contributed by atoms with Crippen LogP contribution in [0.3, 0.4) is 0 Å². The smallest absolute Gasteiger partial charge is 0.202 e. The lowest BCUT2D eigenvalue weighted by Crippen LogP contribution is -2.44. The van der Waals surface area contributed by atoms with E-state index in [0.29, 0.717) is 12.0 Å². The summed E-state index contributed by atoms with van der Waals surface area (Å²) in [6, 6.07) is 0.507. The van der Waals surface area contributed by atoms with E-state index in [0.717, 1.165) is 36.2 Å². The summed E-state index contributed by atoms with van der Waals surface area (Å²) in [7, 11) is 0. The number of ether oxygens (including phenoxy) is 1. The Morgan fingerprint density at radius 1 is 1.32 bits per heavy atom. The largest absolute Gasteiger partial charge is 0.374 e. The molecule has 2 atom stereocenters. The quantitative estimate of drug-likeness (QED) is 0.929. The number of rotatable bonds is 3. The lowest BCUT2D eigenvalue weighted by atomic mass is 9.90. The average Bonchev–Trinajstić information content (AvgIpc) is 3.01. The van der Waals surface area contributed by atoms with E-state index in [1.807, 2.05) is 11.8 Å². The van der Waals surface area contributed by atoms with Crippen LogP contribution in [0.25, 0.3) is 0 Å². The van der Waals surface area contributed by atoms with E-state index in [2.05, 4.69) is 14.7 Å². The van der Waals surface area contributed by atoms with Crippen molar-refractivity contribution in [2.75, 3.05) is 23.4 Å². The standard InChI is InChI=1S/C13H19N3OS2/c1-2-9(1)11-15-12(19-16-11)14-10-3-5-17-13(7-10)4-6-18-8-13/h9-10H,1-8H2,(H,14,15,16). The summed E-state index contributed by atoms with van der Waals surface area (Å²) in [5.41, 5.74) is 0.143. The minimum absolute atomic E-state index is 0.143. The lowest BCUT2D eigenvalue weighted by molar-refractivity contribution is -0.0628. The summed E-state index contributed by atoms with van der Waals surface area (Å²) in [5, 5.41) is 4.60. The highest BCUT2D eigenvalue weighted by Crippen LogP contribution is 2.41. The summed E-state index contributed by atoms with van der Waals surface area (Å²) in [6.07, 6.45) is 5.96. The van der Waals surface area contributed by atoms with Crippen LogP contribution in [0.15, 0.2) is 0 Å². The van der Waals surface area contributed by atoms with Gasteiger partial charge < -0.3 is 10.1 Å². The molecule has 1 aromatic rings. The molecular weight excluding hydrogens is 278 g/mol. The fourth-order valence-electron chi connectivity index (χ4n) is 2.99. The monoisotopic (exact) mass is 297 g/mol. The maximum absolute atomic E-state index is 6.05. The van der Waals surface area contributed by atoms with Gasteiger partial charge in [0.2, 0.25) is 5.13 Å². The average molecular weight is 297 g/mol. The summed E-state index contributed by atoms with van der Waals surface area (Å²) in [4.78, 5) is 4.63. The molecule has 4 rings (SSSR count). The molecule has 4 nitrogen and oxygen atoms in total. The van der Waals surface area contributed by atoms with Crippen LogP contribution in [0.1, 0.15) is 43.8 Å². The molecule has 104 valence electrons. The summed E-state index contributed by atoms with van der Waals surface area (Å²) < 4.78 is 10.5. The molecule has 1 N–H and O–H groups in total. The zero-order valence-corrected chi connectivity index (χ0v) is 12.6. The molecule has 3 heterocycles. The van der Waals surface area contributed by atoms with Crippen molar-refractivity contribution >= 4 is 28.4 Å². The second-order valence-corrected chi connectivity index (χ2v) is 7.76. The molecule has 2 aliphatic heterocycles. The molecule has 0 radical (unpaired) electrons. The number of hydrogen-bond acceptors (Lipinski definition) is 6. The van der Waals surface area contributed by atoms with E-state index in [4.69, 9.17) is 4.74 Å². The highest BCUT2D eigenvalue weighted by Gasteiger charge is 2.40. The molecule has 0 amide bonds. The van der Waals surface area contributed by atoms with Crippen LogP contribution in [0.2, 0.25) is 0 Å². The van der Waals surface area contributed by atoms with Crippen molar-refractivity contribution < 1.29 is 4.74 Å². The second-order valence-electron chi connectivity index (χ2n) is 5.90. The molecule has 19 heavy (non-hydrogen) atoms. The maximum atomic E-state index is 6.05. The van der Waals surface area contributed by atoms with Gasteiger partial charge in [0.05, 0.1) is 5.60 Å². The SMILES string of the molecule is C1CC(Nc2nc(C3CC3)ns2)CC2(CCSC2)O1. The van der Waals surface area contributed by atoms with Crippen LogP contribution >= 0.6 is 23.3 Å². The lowest BCUT2D eigenvalue weighted by Gasteiger charge is -2.37. The molecule has 2 unspecified atom stereocenters. The third-order valence-corrected chi connectivity index (χ3v) is 6.16. The van der Waals surface area contributed by atoms with Crippen LogP contribution in [-0.2, 0) is 4.74 Å². The van der Waals surface area contributed by atoms with Gasteiger partial charge in [-0.3, -0.25) is 0 Å². The van der Waals surface area contributed by atoms with Gasteiger partial charge in [-0.15, -0.1) is 0 Å². The Bertz CT molecular complexity index is 454. The molecule has 1 spiro atoms. The number of thioether (sulfide) groups is 1. The zero-order valence-electron chi connectivity index (χ0n) is 10.9. The normalized spacial score (nSPS) is 34.8. The summed E-state index contributed by atoms with van der Waals surface area (Å²) in [5.74, 6) is 4.12. The van der Waals surface area contributed by atoms with Gasteiger partial charge in [-0.25, -0.2) is 4.98 Å². The Kier molecular flexibility index (Phi) is 3.20. The Labute approximate surface area is 121 Å². The molecule has 1 saturated carbocycles. The maximum Gasteiger partial charge on any atom is 0.202 e. The first-order valence-electron chi connectivity index (χ1n) is 7.15. The molecule has 0 aromatic carbocycles. The van der Waals surface area contributed by atoms with Crippen molar-refractivity contribution in [1.29, 1.82) is 0 Å². The van der Waals surface area contributed by atoms with Gasteiger partial charge >= 0.3 is 0 Å². The molecule has 1 aromatic heterocycles. The van der Waals surface area contributed by atoms with Crippen LogP contribution in [-0.4, -0.2) is 39.1 Å². The van der Waals surface area contributed by atoms with E-state index in [1.54, 1.807) is 0 Å². The minimum atomic E-state index is 0.143. The third kappa shape index (κ3) is 2.62. The number of nitrogens with zero attached hydrogens (tertiary/aromatic N) is 2. The zero-order chi connectivity index (χ0) is 12.7. The van der Waals surface area contributed by atoms with Crippen molar-refractivity contribution in [3.63, 3.8) is 0 Å². The number of hydrogen-bond donors (Lipinski definition) is 1. The van der Waals surface area contributed by atoms with Gasteiger partial charge in [-0.05, 0) is 37.9 Å². The fraction of sp³-hybridized carbons (Fsp3) is 0.846. The van der Waals surface area contributed by atoms with Crippen molar-refractivity contribution in [1.82, 2.24) is 9.36 Å². The molecular formula is C13H19N3OS2. The highest BCUT2D eigenvalue weighted by molar-refractivity contribution is 7.99. The number of anilines is 1. The van der Waals surface area contributed by atoms with Crippen molar-refractivity contribution in [3.8, 4) is 0 Å². The van der Waals surface area contributed by atoms with Gasteiger partial charge in [0.15, 0.2) is 0 Å². The summed E-state index contributed by atoms with van der Waals surface area (Å²) >= 11 is 3.55. The predicted molar refractivity (Wildman–Crippen MR) is 79.2 cm³/mol. The Balaban J connectivity index is 1.40. The van der Waals surface area contributed by atoms with E-state index in [-0.39, 0.29) is 5.60 Å². The van der Waals surface area contributed by atoms with Gasteiger partial charge in [0, 0.05) is 35.9 Å². The van der Waals surface area contributed by atoms with Crippen molar-refractivity contribution in [2.24, 2.45) is 0 Å². The Morgan fingerprint density at radius 2 is 2.26 bits per heavy atom. The highest BCUT2D eigenvalue weighted by atomic mass is 32.2. The van der Waals surface area contributed by atoms with Crippen LogP contribution < -0.4 is 5.32 Å². The minimum Gasteiger partial charge on any atom is -0.374 e. The first-order valence-corrected chi connectivity index (χ1v) is 9.08. The number of nitrogens with one attached hydrogen (secondary N) is 1. The molecule has 2 saturated heterocycles. The van der Waals surface area contributed by atoms with E-state index in [1.165, 1.54) is 36.5 Å². The molecule has 1 aliphatic carbocycles. The molecule has 3 aliphatic rings. The Morgan fingerprint density at radius 3 is 3.05 bits per heavy atom.